The highest BCUT2D eigenvalue weighted by molar-refractivity contribution is 7.89. The van der Waals surface area contributed by atoms with Crippen molar-refractivity contribution in [2.75, 3.05) is 11.9 Å². The molecule has 0 unspecified atom stereocenters. The number of rotatable bonds is 7. The lowest BCUT2D eigenvalue weighted by Crippen LogP contribution is -2.41. The van der Waals surface area contributed by atoms with E-state index in [1.165, 1.54) is 24.3 Å². The molecule has 0 atom stereocenters. The smallest absolute Gasteiger partial charge is 0.322 e. The van der Waals surface area contributed by atoms with Gasteiger partial charge in [0.25, 0.3) is 5.91 Å². The number of benzene rings is 2. The van der Waals surface area contributed by atoms with Crippen molar-refractivity contribution in [1.29, 1.82) is 0 Å². The van der Waals surface area contributed by atoms with E-state index in [0.717, 1.165) is 32.1 Å². The first-order valence-electron chi connectivity index (χ1n) is 10.9. The number of hydrogen-bond donors (Lipinski definition) is 1. The van der Waals surface area contributed by atoms with E-state index in [1.807, 2.05) is 6.92 Å². The molecule has 0 aliphatic heterocycles. The van der Waals surface area contributed by atoms with E-state index in [1.54, 1.807) is 28.6 Å². The summed E-state index contributed by atoms with van der Waals surface area (Å²) < 4.78 is 33.4. The summed E-state index contributed by atoms with van der Waals surface area (Å²) in [7, 11) is -3.63. The fourth-order valence-corrected chi connectivity index (χ4v) is 5.97. The highest BCUT2D eigenvalue weighted by Gasteiger charge is 2.31. The van der Waals surface area contributed by atoms with Crippen LogP contribution in [0.3, 0.4) is 0 Å². The third-order valence-electron chi connectivity index (χ3n) is 5.73. The molecule has 1 heterocycles. The molecule has 4 rings (SSSR count). The molecule has 1 fully saturated rings. The predicted molar refractivity (Wildman–Crippen MR) is 126 cm³/mol. The van der Waals surface area contributed by atoms with Crippen LogP contribution in [-0.4, -0.2) is 41.4 Å². The third-order valence-corrected chi connectivity index (χ3v) is 8.01. The zero-order valence-electron chi connectivity index (χ0n) is 18.2. The van der Waals surface area contributed by atoms with Crippen LogP contribution in [0.2, 0.25) is 5.02 Å². The summed E-state index contributed by atoms with van der Waals surface area (Å²) in [5.41, 5.74) is 0.903. The minimum Gasteiger partial charge on any atom is -0.403 e. The van der Waals surface area contributed by atoms with Gasteiger partial charge in [-0.15, -0.1) is 5.10 Å². The number of halogens is 1. The molecular formula is C23H25ClN4O4S. The molecule has 1 N–H and O–H groups in total. The molecule has 1 amide bonds. The van der Waals surface area contributed by atoms with Crippen LogP contribution in [0, 0.1) is 0 Å². The number of nitrogens with zero attached hydrogens (tertiary/aromatic N) is 3. The van der Waals surface area contributed by atoms with E-state index >= 15 is 0 Å². The lowest BCUT2D eigenvalue weighted by Gasteiger charge is -2.32. The van der Waals surface area contributed by atoms with Crippen LogP contribution in [0.4, 0.5) is 6.01 Å². The topological polar surface area (TPSA) is 105 Å². The summed E-state index contributed by atoms with van der Waals surface area (Å²) in [6.07, 6.45) is 5.01. The molecule has 0 bridgehead atoms. The molecule has 3 aromatic rings. The van der Waals surface area contributed by atoms with Gasteiger partial charge in [0.05, 0.1) is 4.90 Å². The van der Waals surface area contributed by atoms with Crippen molar-refractivity contribution in [2.45, 2.75) is 50.0 Å². The van der Waals surface area contributed by atoms with Crippen molar-refractivity contribution in [1.82, 2.24) is 14.5 Å². The molecule has 1 saturated carbocycles. The minimum absolute atomic E-state index is 0.0305. The number of carbonyl (C=O) groups is 1. The van der Waals surface area contributed by atoms with Gasteiger partial charge in [-0.05, 0) is 55.3 Å². The largest absolute Gasteiger partial charge is 0.403 e. The Hall–Kier alpha value is -2.75. The molecule has 174 valence electrons. The van der Waals surface area contributed by atoms with Crippen molar-refractivity contribution in [2.24, 2.45) is 0 Å². The Kier molecular flexibility index (Phi) is 7.11. The summed E-state index contributed by atoms with van der Waals surface area (Å²) in [4.78, 5) is 12.8. The number of aromatic nitrogens is 2. The van der Waals surface area contributed by atoms with E-state index in [2.05, 4.69) is 15.5 Å². The van der Waals surface area contributed by atoms with Crippen LogP contribution in [0.15, 0.2) is 57.8 Å². The summed E-state index contributed by atoms with van der Waals surface area (Å²) in [5.74, 6) is -0.267. The molecule has 1 aliphatic rings. The molecule has 33 heavy (non-hydrogen) atoms. The molecule has 10 heteroatoms. The number of nitrogens with one attached hydrogen (secondary N) is 1. The predicted octanol–water partition coefficient (Wildman–Crippen LogP) is 4.99. The van der Waals surface area contributed by atoms with Gasteiger partial charge in [0.2, 0.25) is 15.9 Å². The van der Waals surface area contributed by atoms with Gasteiger partial charge in [-0.2, -0.15) is 4.31 Å². The van der Waals surface area contributed by atoms with Crippen LogP contribution >= 0.6 is 11.6 Å². The lowest BCUT2D eigenvalue weighted by atomic mass is 9.95. The van der Waals surface area contributed by atoms with Crippen molar-refractivity contribution < 1.29 is 17.6 Å². The quantitative estimate of drug-likeness (QED) is 0.502. The molecular weight excluding hydrogens is 464 g/mol. The second kappa shape index (κ2) is 10.0. The van der Waals surface area contributed by atoms with Crippen LogP contribution in [0.5, 0.6) is 0 Å². The SMILES string of the molecule is CCN(C1CCCCC1)S(=O)(=O)c1ccc(C(=O)Nc2nnc(-c3cccc(Cl)c3)o2)cc1. The van der Waals surface area contributed by atoms with Gasteiger partial charge in [0, 0.05) is 28.7 Å². The van der Waals surface area contributed by atoms with Gasteiger partial charge in [-0.1, -0.05) is 49.0 Å². The number of sulfonamides is 1. The second-order valence-corrected chi connectivity index (χ2v) is 10.2. The summed E-state index contributed by atoms with van der Waals surface area (Å²) in [6.45, 7) is 2.28. The highest BCUT2D eigenvalue weighted by atomic mass is 35.5. The van der Waals surface area contributed by atoms with E-state index < -0.39 is 15.9 Å². The molecule has 0 saturated heterocycles. The average molecular weight is 489 g/mol. The van der Waals surface area contributed by atoms with Gasteiger partial charge in [-0.3, -0.25) is 10.1 Å². The van der Waals surface area contributed by atoms with Gasteiger partial charge >= 0.3 is 6.01 Å². The number of anilines is 1. The Balaban J connectivity index is 1.46. The van der Waals surface area contributed by atoms with Crippen LogP contribution < -0.4 is 5.32 Å². The van der Waals surface area contributed by atoms with Crippen LogP contribution in [-0.2, 0) is 10.0 Å². The first-order chi connectivity index (χ1) is 15.9. The molecule has 2 aromatic carbocycles. The molecule has 1 aliphatic carbocycles. The Morgan fingerprint density at radius 3 is 2.52 bits per heavy atom. The Morgan fingerprint density at radius 2 is 1.85 bits per heavy atom. The van der Waals surface area contributed by atoms with Gasteiger partial charge < -0.3 is 4.42 Å². The van der Waals surface area contributed by atoms with Gasteiger partial charge in [-0.25, -0.2) is 8.42 Å². The molecule has 8 nitrogen and oxygen atoms in total. The number of hydrogen-bond acceptors (Lipinski definition) is 6. The maximum absolute atomic E-state index is 13.2. The molecule has 1 aromatic heterocycles. The average Bonchev–Trinajstić information content (AvgIpc) is 3.29. The number of carbonyl (C=O) groups excluding carboxylic acids is 1. The molecule has 0 radical (unpaired) electrons. The fraction of sp³-hybridized carbons (Fsp3) is 0.348. The Labute approximate surface area is 198 Å². The highest BCUT2D eigenvalue weighted by Crippen LogP contribution is 2.28. The van der Waals surface area contributed by atoms with Crippen LogP contribution in [0.25, 0.3) is 11.5 Å². The maximum Gasteiger partial charge on any atom is 0.322 e. The van der Waals surface area contributed by atoms with Crippen molar-refractivity contribution in [3.8, 4) is 11.5 Å². The summed E-state index contributed by atoms with van der Waals surface area (Å²) in [6, 6.07) is 12.7. The van der Waals surface area contributed by atoms with Gasteiger partial charge in [0.15, 0.2) is 0 Å². The van der Waals surface area contributed by atoms with E-state index in [9.17, 15) is 13.2 Å². The zero-order valence-corrected chi connectivity index (χ0v) is 19.8. The van der Waals surface area contributed by atoms with Crippen molar-refractivity contribution >= 4 is 33.5 Å². The maximum atomic E-state index is 13.2. The third kappa shape index (κ3) is 5.26. The first-order valence-corrected chi connectivity index (χ1v) is 12.7. The standard InChI is InChI=1S/C23H25ClN4O4S/c1-2-28(19-9-4-3-5-10-19)33(30,31)20-13-11-16(12-14-20)21(29)25-23-27-26-22(32-23)17-7-6-8-18(24)15-17/h6-8,11-15,19H,2-5,9-10H2,1H3,(H,25,27,29). The summed E-state index contributed by atoms with van der Waals surface area (Å²) in [5, 5.41) is 10.8. The normalized spacial score (nSPS) is 15.0. The monoisotopic (exact) mass is 488 g/mol. The Bertz CT molecular complexity index is 1220. The van der Waals surface area contributed by atoms with Crippen molar-refractivity contribution in [3.05, 3.63) is 59.1 Å². The lowest BCUT2D eigenvalue weighted by molar-refractivity contribution is 0.102. The van der Waals surface area contributed by atoms with Gasteiger partial charge in [0.1, 0.15) is 0 Å². The molecule has 0 spiro atoms. The zero-order chi connectivity index (χ0) is 23.4. The Morgan fingerprint density at radius 1 is 1.12 bits per heavy atom. The van der Waals surface area contributed by atoms with Crippen LogP contribution in [0.1, 0.15) is 49.4 Å². The minimum atomic E-state index is -3.63. The van der Waals surface area contributed by atoms with E-state index in [0.29, 0.717) is 17.1 Å². The van der Waals surface area contributed by atoms with E-state index in [4.69, 9.17) is 16.0 Å². The summed E-state index contributed by atoms with van der Waals surface area (Å²) >= 11 is 5.98. The van der Waals surface area contributed by atoms with Crippen molar-refractivity contribution in [3.63, 3.8) is 0 Å². The first kappa shape index (κ1) is 23.4. The fourth-order valence-electron chi connectivity index (χ4n) is 4.09. The van der Waals surface area contributed by atoms with E-state index in [-0.39, 0.29) is 28.4 Å². The second-order valence-electron chi connectivity index (χ2n) is 7.90. The number of amides is 1.